The molecule has 1 aromatic rings. The molecule has 0 saturated heterocycles. The number of hydrogen-bond acceptors (Lipinski definition) is 2. The molecule has 128 valence electrons. The van der Waals surface area contributed by atoms with Crippen LogP contribution in [0.5, 0.6) is 0 Å². The minimum Gasteiger partial charge on any atom is -0.352 e. The first kappa shape index (κ1) is 19.2. The van der Waals surface area contributed by atoms with Gasteiger partial charge >= 0.3 is 0 Å². The quantitative estimate of drug-likeness (QED) is 0.735. The van der Waals surface area contributed by atoms with Crippen LogP contribution in [0.2, 0.25) is 0 Å². The van der Waals surface area contributed by atoms with Crippen molar-refractivity contribution in [2.75, 3.05) is 0 Å². The van der Waals surface area contributed by atoms with Gasteiger partial charge in [-0.3, -0.25) is 9.59 Å². The molecule has 0 aliphatic heterocycles. The Morgan fingerprint density at radius 2 is 1.65 bits per heavy atom. The minimum absolute atomic E-state index is 0.0505. The average Bonchev–Trinajstić information content (AvgIpc) is 2.46. The summed E-state index contributed by atoms with van der Waals surface area (Å²) in [5.74, 6) is 0.207. The molecule has 0 bridgehead atoms. The average molecular weight is 318 g/mol. The zero-order valence-electron chi connectivity index (χ0n) is 14.8. The third-order valence-electron chi connectivity index (χ3n) is 3.50. The van der Waals surface area contributed by atoms with Crippen LogP contribution < -0.4 is 10.6 Å². The molecule has 0 heterocycles. The summed E-state index contributed by atoms with van der Waals surface area (Å²) in [7, 11) is 0. The Morgan fingerprint density at radius 3 is 2.22 bits per heavy atom. The van der Waals surface area contributed by atoms with Gasteiger partial charge in [-0.25, -0.2) is 0 Å². The van der Waals surface area contributed by atoms with Gasteiger partial charge in [-0.05, 0) is 44.6 Å². The maximum Gasteiger partial charge on any atom is 0.242 e. The van der Waals surface area contributed by atoms with E-state index in [2.05, 4.69) is 36.6 Å². The van der Waals surface area contributed by atoms with Gasteiger partial charge in [0.05, 0.1) is 0 Å². The molecule has 4 nitrogen and oxygen atoms in total. The highest BCUT2D eigenvalue weighted by molar-refractivity contribution is 5.87. The van der Waals surface area contributed by atoms with Gasteiger partial charge in [-0.2, -0.15) is 0 Å². The largest absolute Gasteiger partial charge is 0.352 e. The van der Waals surface area contributed by atoms with Crippen molar-refractivity contribution in [3.05, 3.63) is 35.9 Å². The summed E-state index contributed by atoms with van der Waals surface area (Å²) in [6, 6.07) is 9.76. The SMILES string of the molecule is CC(C)CC(NC(=O)CCCc1ccccc1)C(=O)NC(C)C. The molecule has 1 atom stereocenters. The van der Waals surface area contributed by atoms with Gasteiger partial charge in [0.2, 0.25) is 11.8 Å². The van der Waals surface area contributed by atoms with Crippen LogP contribution in [0.15, 0.2) is 30.3 Å². The van der Waals surface area contributed by atoms with E-state index in [0.29, 0.717) is 18.8 Å². The highest BCUT2D eigenvalue weighted by Gasteiger charge is 2.22. The molecule has 0 aliphatic rings. The molecule has 0 saturated carbocycles. The zero-order chi connectivity index (χ0) is 17.2. The number of nitrogens with one attached hydrogen (secondary N) is 2. The molecule has 0 fully saturated rings. The Kier molecular flexibility index (Phi) is 8.38. The molecule has 2 N–H and O–H groups in total. The van der Waals surface area contributed by atoms with Crippen molar-refractivity contribution >= 4 is 11.8 Å². The fraction of sp³-hybridized carbons (Fsp3) is 0.579. The van der Waals surface area contributed by atoms with Crippen LogP contribution in [0.3, 0.4) is 0 Å². The maximum absolute atomic E-state index is 12.2. The summed E-state index contributed by atoms with van der Waals surface area (Å²) in [4.78, 5) is 24.3. The zero-order valence-corrected chi connectivity index (χ0v) is 14.8. The Morgan fingerprint density at radius 1 is 1.00 bits per heavy atom. The predicted molar refractivity (Wildman–Crippen MR) is 94.0 cm³/mol. The summed E-state index contributed by atoms with van der Waals surface area (Å²) in [6.07, 6.45) is 2.76. The molecule has 1 rings (SSSR count). The van der Waals surface area contributed by atoms with E-state index < -0.39 is 6.04 Å². The molecule has 1 aromatic carbocycles. The minimum atomic E-state index is -0.443. The number of carbonyl (C=O) groups is 2. The second kappa shape index (κ2) is 10.0. The van der Waals surface area contributed by atoms with Crippen molar-refractivity contribution in [2.45, 2.75) is 65.5 Å². The van der Waals surface area contributed by atoms with E-state index in [9.17, 15) is 9.59 Å². The van der Waals surface area contributed by atoms with Crippen molar-refractivity contribution in [2.24, 2.45) is 5.92 Å². The van der Waals surface area contributed by atoms with Crippen LogP contribution in [0.1, 0.15) is 52.5 Å². The van der Waals surface area contributed by atoms with Crippen LogP contribution in [0, 0.1) is 5.92 Å². The second-order valence-electron chi connectivity index (χ2n) is 6.75. The van der Waals surface area contributed by atoms with E-state index in [1.807, 2.05) is 32.0 Å². The van der Waals surface area contributed by atoms with E-state index >= 15 is 0 Å². The first-order valence-electron chi connectivity index (χ1n) is 8.52. The number of amides is 2. The third kappa shape index (κ3) is 8.38. The van der Waals surface area contributed by atoms with Crippen molar-refractivity contribution in [3.63, 3.8) is 0 Å². The monoisotopic (exact) mass is 318 g/mol. The highest BCUT2D eigenvalue weighted by Crippen LogP contribution is 2.08. The second-order valence-corrected chi connectivity index (χ2v) is 6.75. The summed E-state index contributed by atoms with van der Waals surface area (Å²) >= 11 is 0. The first-order valence-corrected chi connectivity index (χ1v) is 8.52. The summed E-state index contributed by atoms with van der Waals surface area (Å²) in [5.41, 5.74) is 1.23. The van der Waals surface area contributed by atoms with Crippen LogP contribution in [0.25, 0.3) is 0 Å². The van der Waals surface area contributed by atoms with E-state index in [-0.39, 0.29) is 17.9 Å². The van der Waals surface area contributed by atoms with Crippen molar-refractivity contribution in [3.8, 4) is 0 Å². The van der Waals surface area contributed by atoms with Gasteiger partial charge in [-0.1, -0.05) is 44.2 Å². The molecule has 0 aliphatic carbocycles. The lowest BCUT2D eigenvalue weighted by Crippen LogP contribution is -2.49. The van der Waals surface area contributed by atoms with Crippen molar-refractivity contribution in [1.82, 2.24) is 10.6 Å². The van der Waals surface area contributed by atoms with Gasteiger partial charge in [-0.15, -0.1) is 0 Å². The molecular weight excluding hydrogens is 288 g/mol. The lowest BCUT2D eigenvalue weighted by molar-refractivity contribution is -0.129. The standard InChI is InChI=1S/C19H30N2O2/c1-14(2)13-17(19(23)20-15(3)4)21-18(22)12-8-11-16-9-6-5-7-10-16/h5-7,9-10,14-15,17H,8,11-13H2,1-4H3,(H,20,23)(H,21,22). The first-order chi connectivity index (χ1) is 10.9. The Hall–Kier alpha value is -1.84. The van der Waals surface area contributed by atoms with E-state index in [4.69, 9.17) is 0 Å². The Bertz CT molecular complexity index is 483. The molecule has 0 aromatic heterocycles. The molecule has 1 unspecified atom stereocenters. The van der Waals surface area contributed by atoms with Gasteiger partial charge < -0.3 is 10.6 Å². The lowest BCUT2D eigenvalue weighted by atomic mass is 10.0. The number of aryl methyl sites for hydroxylation is 1. The molecule has 0 spiro atoms. The molecule has 0 radical (unpaired) electrons. The molecule has 4 heteroatoms. The fourth-order valence-electron chi connectivity index (χ4n) is 2.45. The summed E-state index contributed by atoms with van der Waals surface area (Å²) < 4.78 is 0. The molecule has 23 heavy (non-hydrogen) atoms. The topological polar surface area (TPSA) is 58.2 Å². The van der Waals surface area contributed by atoms with Crippen molar-refractivity contribution < 1.29 is 9.59 Å². The van der Waals surface area contributed by atoms with E-state index in [0.717, 1.165) is 12.8 Å². The number of hydrogen-bond donors (Lipinski definition) is 2. The smallest absolute Gasteiger partial charge is 0.242 e. The molecular formula is C19H30N2O2. The molecule has 2 amide bonds. The van der Waals surface area contributed by atoms with Crippen LogP contribution in [0.4, 0.5) is 0 Å². The lowest BCUT2D eigenvalue weighted by Gasteiger charge is -2.21. The van der Waals surface area contributed by atoms with Gasteiger partial charge in [0.25, 0.3) is 0 Å². The van der Waals surface area contributed by atoms with E-state index in [1.54, 1.807) is 0 Å². The summed E-state index contributed by atoms with van der Waals surface area (Å²) in [6.45, 7) is 7.95. The summed E-state index contributed by atoms with van der Waals surface area (Å²) in [5, 5.41) is 5.77. The Labute approximate surface area is 140 Å². The highest BCUT2D eigenvalue weighted by atomic mass is 16.2. The fourth-order valence-corrected chi connectivity index (χ4v) is 2.45. The van der Waals surface area contributed by atoms with E-state index in [1.165, 1.54) is 5.56 Å². The third-order valence-corrected chi connectivity index (χ3v) is 3.50. The van der Waals surface area contributed by atoms with Crippen LogP contribution in [-0.4, -0.2) is 23.9 Å². The predicted octanol–water partition coefficient (Wildman–Crippen LogP) is 3.06. The van der Waals surface area contributed by atoms with Gasteiger partial charge in [0.1, 0.15) is 6.04 Å². The number of rotatable bonds is 9. The van der Waals surface area contributed by atoms with Gasteiger partial charge in [0, 0.05) is 12.5 Å². The normalized spacial score (nSPS) is 12.3. The van der Waals surface area contributed by atoms with Crippen molar-refractivity contribution in [1.29, 1.82) is 0 Å². The van der Waals surface area contributed by atoms with Crippen LogP contribution in [-0.2, 0) is 16.0 Å². The Balaban J connectivity index is 2.44. The number of benzene rings is 1. The van der Waals surface area contributed by atoms with Crippen LogP contribution >= 0.6 is 0 Å². The maximum atomic E-state index is 12.2. The van der Waals surface area contributed by atoms with Gasteiger partial charge in [0.15, 0.2) is 0 Å². The number of carbonyl (C=O) groups excluding carboxylic acids is 2.